The van der Waals surface area contributed by atoms with Crippen LogP contribution in [0.5, 0.6) is 5.75 Å². The number of hydrogen-bond donors (Lipinski definition) is 2. The summed E-state index contributed by atoms with van der Waals surface area (Å²) in [7, 11) is 0. The molecular weight excluding hydrogens is 194 g/mol. The Labute approximate surface area is 88.7 Å². The Morgan fingerprint density at radius 3 is 2.60 bits per heavy atom. The molecule has 1 rings (SSSR count). The number of benzene rings is 1. The summed E-state index contributed by atoms with van der Waals surface area (Å²) in [5.74, 6) is -0.0685. The van der Waals surface area contributed by atoms with Crippen molar-refractivity contribution in [3.05, 3.63) is 29.8 Å². The number of ether oxygens (including phenoxy) is 1. The molecular formula is C11H16NO3+. The van der Waals surface area contributed by atoms with E-state index in [0.29, 0.717) is 13.0 Å². The van der Waals surface area contributed by atoms with Gasteiger partial charge in [-0.2, -0.15) is 0 Å². The van der Waals surface area contributed by atoms with Crippen LogP contribution in [-0.4, -0.2) is 23.7 Å². The van der Waals surface area contributed by atoms with Crippen LogP contribution >= 0.6 is 0 Å². The van der Waals surface area contributed by atoms with Crippen molar-refractivity contribution in [3.8, 4) is 5.75 Å². The number of quaternary nitrogens is 1. The molecule has 1 atom stereocenters. The highest BCUT2D eigenvalue weighted by atomic mass is 16.5. The highest BCUT2D eigenvalue weighted by molar-refractivity contribution is 5.74. The summed E-state index contributed by atoms with van der Waals surface area (Å²) in [5.41, 5.74) is 4.70. The van der Waals surface area contributed by atoms with E-state index in [1.807, 2.05) is 0 Å². The average Bonchev–Trinajstić information content (AvgIpc) is 2.22. The Morgan fingerprint density at radius 2 is 2.07 bits per heavy atom. The van der Waals surface area contributed by atoms with E-state index in [1.54, 1.807) is 31.2 Å². The van der Waals surface area contributed by atoms with Crippen LogP contribution in [-0.2, 0) is 16.0 Å². The molecule has 0 spiro atoms. The van der Waals surface area contributed by atoms with Gasteiger partial charge in [-0.3, -0.25) is 0 Å². The van der Waals surface area contributed by atoms with E-state index in [0.717, 1.165) is 5.56 Å². The first-order valence-corrected chi connectivity index (χ1v) is 4.91. The zero-order valence-electron chi connectivity index (χ0n) is 8.77. The predicted molar refractivity (Wildman–Crippen MR) is 55.1 cm³/mol. The number of hydrogen-bond acceptors (Lipinski definition) is 3. The van der Waals surface area contributed by atoms with Crippen molar-refractivity contribution in [1.29, 1.82) is 0 Å². The van der Waals surface area contributed by atoms with E-state index >= 15 is 0 Å². The monoisotopic (exact) mass is 210 g/mol. The van der Waals surface area contributed by atoms with Crippen LogP contribution in [0.3, 0.4) is 0 Å². The van der Waals surface area contributed by atoms with Gasteiger partial charge < -0.3 is 15.6 Å². The number of aromatic hydroxyl groups is 1. The highest BCUT2D eigenvalue weighted by Gasteiger charge is 2.18. The fraction of sp³-hybridized carbons (Fsp3) is 0.364. The molecule has 1 aromatic carbocycles. The van der Waals surface area contributed by atoms with Crippen LogP contribution in [0.1, 0.15) is 12.5 Å². The molecule has 0 radical (unpaired) electrons. The smallest absolute Gasteiger partial charge is 0.365 e. The Kier molecular flexibility index (Phi) is 4.12. The molecule has 0 aromatic heterocycles. The number of carbonyl (C=O) groups excluding carboxylic acids is 1. The van der Waals surface area contributed by atoms with Gasteiger partial charge in [0.2, 0.25) is 0 Å². The Balaban J connectivity index is 2.54. The molecule has 0 saturated heterocycles. The third kappa shape index (κ3) is 3.59. The van der Waals surface area contributed by atoms with Crippen LogP contribution in [0.4, 0.5) is 0 Å². The molecule has 0 aliphatic rings. The molecule has 0 fully saturated rings. The molecule has 82 valence electrons. The van der Waals surface area contributed by atoms with Gasteiger partial charge in [0.25, 0.3) is 0 Å². The number of rotatable bonds is 4. The first-order chi connectivity index (χ1) is 7.13. The zero-order chi connectivity index (χ0) is 11.3. The molecule has 0 aliphatic heterocycles. The normalized spacial score (nSPS) is 12.1. The average molecular weight is 210 g/mol. The standard InChI is InChI=1S/C11H15NO3/c1-2-15-11(14)10(12)7-8-3-5-9(13)6-4-8/h3-6,10,13H,2,7,12H2,1H3/p+1/t10-/m0/s1. The lowest BCUT2D eigenvalue weighted by Crippen LogP contribution is -2.66. The number of phenols is 1. The number of esters is 1. The summed E-state index contributed by atoms with van der Waals surface area (Å²) in [5, 5.41) is 9.08. The van der Waals surface area contributed by atoms with Gasteiger partial charge in [-0.05, 0) is 24.6 Å². The molecule has 4 N–H and O–H groups in total. The second kappa shape index (κ2) is 5.36. The summed E-state index contributed by atoms with van der Waals surface area (Å²) >= 11 is 0. The van der Waals surface area contributed by atoms with Gasteiger partial charge in [0.1, 0.15) is 5.75 Å². The largest absolute Gasteiger partial charge is 0.508 e. The first-order valence-electron chi connectivity index (χ1n) is 4.91. The SMILES string of the molecule is CCOC(=O)[C@@H]([NH3+])Cc1ccc(O)cc1. The maximum Gasteiger partial charge on any atom is 0.365 e. The van der Waals surface area contributed by atoms with Gasteiger partial charge >= 0.3 is 5.97 Å². The summed E-state index contributed by atoms with van der Waals surface area (Å²) in [4.78, 5) is 11.3. The lowest BCUT2D eigenvalue weighted by molar-refractivity contribution is -0.407. The van der Waals surface area contributed by atoms with Crippen LogP contribution in [0.25, 0.3) is 0 Å². The Morgan fingerprint density at radius 1 is 1.47 bits per heavy atom. The molecule has 4 nitrogen and oxygen atoms in total. The fourth-order valence-corrected chi connectivity index (χ4v) is 1.26. The van der Waals surface area contributed by atoms with Crippen molar-refractivity contribution in [2.45, 2.75) is 19.4 Å². The van der Waals surface area contributed by atoms with Crippen LogP contribution in [0, 0.1) is 0 Å². The number of phenolic OH excluding ortho intramolecular Hbond substituents is 1. The Hall–Kier alpha value is -1.55. The van der Waals surface area contributed by atoms with Crippen molar-refractivity contribution >= 4 is 5.97 Å². The summed E-state index contributed by atoms with van der Waals surface area (Å²) in [6, 6.07) is 6.33. The molecule has 0 bridgehead atoms. The van der Waals surface area contributed by atoms with E-state index < -0.39 is 6.04 Å². The molecule has 15 heavy (non-hydrogen) atoms. The quantitative estimate of drug-likeness (QED) is 0.692. The maximum absolute atomic E-state index is 11.3. The van der Waals surface area contributed by atoms with Crippen molar-refractivity contribution in [3.63, 3.8) is 0 Å². The van der Waals surface area contributed by atoms with E-state index in [4.69, 9.17) is 9.84 Å². The van der Waals surface area contributed by atoms with Crippen LogP contribution < -0.4 is 5.73 Å². The van der Waals surface area contributed by atoms with Crippen LogP contribution in [0.2, 0.25) is 0 Å². The third-order valence-electron chi connectivity index (χ3n) is 2.04. The minimum Gasteiger partial charge on any atom is -0.508 e. The zero-order valence-corrected chi connectivity index (χ0v) is 8.77. The Bertz CT molecular complexity index is 321. The fourth-order valence-electron chi connectivity index (χ4n) is 1.26. The lowest BCUT2D eigenvalue weighted by atomic mass is 10.1. The second-order valence-electron chi connectivity index (χ2n) is 3.32. The topological polar surface area (TPSA) is 74.2 Å². The van der Waals surface area contributed by atoms with Gasteiger partial charge in [0.05, 0.1) is 6.61 Å². The molecule has 1 aromatic rings. The van der Waals surface area contributed by atoms with Crippen molar-refractivity contribution in [2.75, 3.05) is 6.61 Å². The van der Waals surface area contributed by atoms with Gasteiger partial charge in [-0.15, -0.1) is 0 Å². The summed E-state index contributed by atoms with van der Waals surface area (Å²) in [6.07, 6.45) is 0.527. The summed E-state index contributed by atoms with van der Waals surface area (Å²) in [6.45, 7) is 2.14. The van der Waals surface area contributed by atoms with Gasteiger partial charge in [-0.25, -0.2) is 4.79 Å². The predicted octanol–water partition coefficient (Wildman–Crippen LogP) is 0.108. The maximum atomic E-state index is 11.3. The van der Waals surface area contributed by atoms with E-state index in [1.165, 1.54) is 0 Å². The van der Waals surface area contributed by atoms with Crippen LogP contribution in [0.15, 0.2) is 24.3 Å². The number of carbonyl (C=O) groups is 1. The van der Waals surface area contributed by atoms with E-state index in [9.17, 15) is 4.79 Å². The molecule has 0 aliphatic carbocycles. The summed E-state index contributed by atoms with van der Waals surface area (Å²) < 4.78 is 4.85. The highest BCUT2D eigenvalue weighted by Crippen LogP contribution is 2.10. The third-order valence-corrected chi connectivity index (χ3v) is 2.04. The van der Waals surface area contributed by atoms with Crippen molar-refractivity contribution in [1.82, 2.24) is 0 Å². The minimum absolute atomic E-state index is 0.218. The van der Waals surface area contributed by atoms with E-state index in [-0.39, 0.29) is 11.7 Å². The van der Waals surface area contributed by atoms with Gasteiger partial charge in [0, 0.05) is 6.42 Å². The molecule has 0 unspecified atom stereocenters. The molecule has 0 amide bonds. The minimum atomic E-state index is -0.394. The van der Waals surface area contributed by atoms with Crippen molar-refractivity contribution < 1.29 is 20.4 Å². The van der Waals surface area contributed by atoms with Crippen molar-refractivity contribution in [2.24, 2.45) is 0 Å². The molecule has 4 heteroatoms. The molecule has 0 heterocycles. The first kappa shape index (κ1) is 11.5. The molecule has 0 saturated carbocycles. The van der Waals surface area contributed by atoms with Gasteiger partial charge in [-0.1, -0.05) is 12.1 Å². The van der Waals surface area contributed by atoms with E-state index in [2.05, 4.69) is 5.73 Å². The lowest BCUT2D eigenvalue weighted by Gasteiger charge is -2.07. The van der Waals surface area contributed by atoms with Gasteiger partial charge in [0.15, 0.2) is 6.04 Å². The second-order valence-corrected chi connectivity index (χ2v) is 3.32.